The van der Waals surface area contributed by atoms with E-state index in [0.717, 1.165) is 12.8 Å². The van der Waals surface area contributed by atoms with E-state index in [2.05, 4.69) is 10.6 Å². The molecule has 4 N–H and O–H groups in total. The summed E-state index contributed by atoms with van der Waals surface area (Å²) in [7, 11) is 0. The average molecular weight is 275 g/mol. The highest BCUT2D eigenvalue weighted by atomic mass is 16.2. The average Bonchev–Trinajstić information content (AvgIpc) is 2.46. The molecule has 1 aromatic rings. The fourth-order valence-corrected chi connectivity index (χ4v) is 2.55. The van der Waals surface area contributed by atoms with Crippen molar-refractivity contribution in [1.82, 2.24) is 10.6 Å². The zero-order valence-electron chi connectivity index (χ0n) is 11.5. The molecular formula is C15H21N3O2. The molecule has 1 saturated carbocycles. The van der Waals surface area contributed by atoms with Crippen molar-refractivity contribution in [1.29, 1.82) is 0 Å². The number of nitrogen functional groups attached to an aromatic ring is 1. The van der Waals surface area contributed by atoms with Crippen molar-refractivity contribution >= 4 is 17.6 Å². The van der Waals surface area contributed by atoms with Gasteiger partial charge in [-0.1, -0.05) is 31.4 Å². The minimum absolute atomic E-state index is 0.320. The molecule has 0 aromatic heterocycles. The van der Waals surface area contributed by atoms with Crippen molar-refractivity contribution in [3.63, 3.8) is 0 Å². The Balaban J connectivity index is 1.79. The van der Waals surface area contributed by atoms with Gasteiger partial charge in [-0.2, -0.15) is 0 Å². The maximum atomic E-state index is 11.9. The number of benzene rings is 1. The Bertz CT molecular complexity index is 482. The third-order valence-electron chi connectivity index (χ3n) is 3.71. The van der Waals surface area contributed by atoms with Crippen LogP contribution in [-0.4, -0.2) is 18.5 Å². The second-order valence-electron chi connectivity index (χ2n) is 5.26. The van der Waals surface area contributed by atoms with E-state index in [-0.39, 0.29) is 0 Å². The highest BCUT2D eigenvalue weighted by Crippen LogP contribution is 2.22. The number of anilines is 1. The number of nitrogens with one attached hydrogen (secondary N) is 2. The number of carbonyl (C=O) groups excluding carboxylic acids is 2. The number of urea groups is 1. The summed E-state index contributed by atoms with van der Waals surface area (Å²) in [6.07, 6.45) is 6.05. The molecule has 0 heterocycles. The second-order valence-corrected chi connectivity index (χ2v) is 5.26. The van der Waals surface area contributed by atoms with Gasteiger partial charge < -0.3 is 11.1 Å². The normalized spacial score (nSPS) is 15.6. The van der Waals surface area contributed by atoms with E-state index in [0.29, 0.717) is 23.7 Å². The van der Waals surface area contributed by atoms with Crippen LogP contribution in [0.3, 0.4) is 0 Å². The van der Waals surface area contributed by atoms with Crippen LogP contribution in [-0.2, 0) is 0 Å². The molecule has 20 heavy (non-hydrogen) atoms. The number of hydrogen-bond donors (Lipinski definition) is 3. The van der Waals surface area contributed by atoms with Crippen LogP contribution in [0.15, 0.2) is 24.3 Å². The molecule has 1 aliphatic rings. The third-order valence-corrected chi connectivity index (χ3v) is 3.71. The predicted octanol–water partition coefficient (Wildman–Crippen LogP) is 2.29. The van der Waals surface area contributed by atoms with Crippen LogP contribution in [0.5, 0.6) is 0 Å². The first-order valence-corrected chi connectivity index (χ1v) is 7.10. The van der Waals surface area contributed by atoms with Gasteiger partial charge in [0.1, 0.15) is 0 Å². The van der Waals surface area contributed by atoms with Crippen molar-refractivity contribution in [2.75, 3.05) is 12.3 Å². The minimum Gasteiger partial charge on any atom is -0.398 e. The smallest absolute Gasteiger partial charge is 0.321 e. The SMILES string of the molecule is Nc1ccccc1C(=O)NC(=O)NCC1CCCCC1. The third kappa shape index (κ3) is 3.98. The van der Waals surface area contributed by atoms with Crippen LogP contribution in [0.4, 0.5) is 10.5 Å². The van der Waals surface area contributed by atoms with Gasteiger partial charge in [-0.05, 0) is 30.9 Å². The Morgan fingerprint density at radius 2 is 1.85 bits per heavy atom. The molecule has 0 saturated heterocycles. The maximum Gasteiger partial charge on any atom is 0.321 e. The van der Waals surface area contributed by atoms with Gasteiger partial charge in [0.05, 0.1) is 5.56 Å². The number of carbonyl (C=O) groups is 2. The van der Waals surface area contributed by atoms with Crippen LogP contribution in [0.25, 0.3) is 0 Å². The number of para-hydroxylation sites is 1. The van der Waals surface area contributed by atoms with Crippen molar-refractivity contribution in [2.45, 2.75) is 32.1 Å². The fourth-order valence-electron chi connectivity index (χ4n) is 2.55. The topological polar surface area (TPSA) is 84.2 Å². The number of hydrogen-bond acceptors (Lipinski definition) is 3. The molecule has 1 aromatic carbocycles. The summed E-state index contributed by atoms with van der Waals surface area (Å²) in [5, 5.41) is 5.07. The lowest BCUT2D eigenvalue weighted by atomic mass is 9.89. The summed E-state index contributed by atoms with van der Waals surface area (Å²) in [4.78, 5) is 23.6. The first-order valence-electron chi connectivity index (χ1n) is 7.10. The van der Waals surface area contributed by atoms with Gasteiger partial charge in [0, 0.05) is 12.2 Å². The fraction of sp³-hybridized carbons (Fsp3) is 0.467. The number of rotatable bonds is 3. The Labute approximate surface area is 118 Å². The Kier molecular flexibility index (Phi) is 4.98. The van der Waals surface area contributed by atoms with Crippen LogP contribution < -0.4 is 16.4 Å². The lowest BCUT2D eigenvalue weighted by Gasteiger charge is -2.21. The first kappa shape index (κ1) is 14.4. The lowest BCUT2D eigenvalue weighted by Crippen LogP contribution is -2.41. The van der Waals surface area contributed by atoms with E-state index in [1.54, 1.807) is 24.3 Å². The van der Waals surface area contributed by atoms with Gasteiger partial charge >= 0.3 is 6.03 Å². The molecule has 0 aliphatic heterocycles. The van der Waals surface area contributed by atoms with Gasteiger partial charge in [-0.15, -0.1) is 0 Å². The highest BCUT2D eigenvalue weighted by Gasteiger charge is 2.16. The number of amides is 3. The molecule has 0 atom stereocenters. The van der Waals surface area contributed by atoms with Gasteiger partial charge in [0.25, 0.3) is 5.91 Å². The van der Waals surface area contributed by atoms with E-state index < -0.39 is 11.9 Å². The summed E-state index contributed by atoms with van der Waals surface area (Å²) in [5.74, 6) is 0.0654. The van der Waals surface area contributed by atoms with Crippen LogP contribution in [0.2, 0.25) is 0 Å². The first-order chi connectivity index (χ1) is 9.66. The van der Waals surface area contributed by atoms with Gasteiger partial charge in [-0.25, -0.2) is 4.79 Å². The maximum absolute atomic E-state index is 11.9. The Morgan fingerprint density at radius 3 is 2.55 bits per heavy atom. The van der Waals surface area contributed by atoms with E-state index >= 15 is 0 Å². The minimum atomic E-state index is -0.468. The molecule has 108 valence electrons. The Hall–Kier alpha value is -2.04. The molecule has 2 rings (SSSR count). The van der Waals surface area contributed by atoms with Crippen LogP contribution in [0, 0.1) is 5.92 Å². The molecular weight excluding hydrogens is 254 g/mol. The van der Waals surface area contributed by atoms with Crippen molar-refractivity contribution < 1.29 is 9.59 Å². The Morgan fingerprint density at radius 1 is 1.15 bits per heavy atom. The molecule has 5 heteroatoms. The van der Waals surface area contributed by atoms with Crippen LogP contribution >= 0.6 is 0 Å². The van der Waals surface area contributed by atoms with Gasteiger partial charge in [0.15, 0.2) is 0 Å². The molecule has 0 radical (unpaired) electrons. The lowest BCUT2D eigenvalue weighted by molar-refractivity contribution is 0.0964. The summed E-state index contributed by atoms with van der Waals surface area (Å²) in [6, 6.07) is 6.23. The van der Waals surface area contributed by atoms with Gasteiger partial charge in [-0.3, -0.25) is 10.1 Å². The van der Waals surface area contributed by atoms with E-state index in [9.17, 15) is 9.59 Å². The predicted molar refractivity (Wildman–Crippen MR) is 78.3 cm³/mol. The quantitative estimate of drug-likeness (QED) is 0.740. The van der Waals surface area contributed by atoms with Gasteiger partial charge in [0.2, 0.25) is 0 Å². The molecule has 1 fully saturated rings. The second kappa shape index (κ2) is 6.93. The molecule has 5 nitrogen and oxygen atoms in total. The van der Waals surface area contributed by atoms with E-state index in [1.165, 1.54) is 19.3 Å². The van der Waals surface area contributed by atoms with Crippen molar-refractivity contribution in [3.8, 4) is 0 Å². The standard InChI is InChI=1S/C15H21N3O2/c16-13-9-5-4-8-12(13)14(19)18-15(20)17-10-11-6-2-1-3-7-11/h4-5,8-9,11H,1-3,6-7,10,16H2,(H2,17,18,19,20). The monoisotopic (exact) mass is 275 g/mol. The van der Waals surface area contributed by atoms with E-state index in [1.807, 2.05) is 0 Å². The molecule has 1 aliphatic carbocycles. The highest BCUT2D eigenvalue weighted by molar-refractivity contribution is 6.07. The zero-order valence-corrected chi connectivity index (χ0v) is 11.5. The summed E-state index contributed by atoms with van der Waals surface area (Å²) >= 11 is 0. The molecule has 0 spiro atoms. The van der Waals surface area contributed by atoms with Crippen molar-refractivity contribution in [2.24, 2.45) is 5.92 Å². The summed E-state index contributed by atoms with van der Waals surface area (Å²) in [5.41, 5.74) is 6.38. The molecule has 0 unspecified atom stereocenters. The number of imide groups is 1. The van der Waals surface area contributed by atoms with Crippen molar-refractivity contribution in [3.05, 3.63) is 29.8 Å². The number of nitrogens with two attached hydrogens (primary N) is 1. The summed E-state index contributed by atoms with van der Waals surface area (Å²) in [6.45, 7) is 0.628. The zero-order chi connectivity index (χ0) is 14.4. The molecule has 0 bridgehead atoms. The molecule has 3 amide bonds. The van der Waals surface area contributed by atoms with E-state index in [4.69, 9.17) is 5.73 Å². The summed E-state index contributed by atoms with van der Waals surface area (Å²) < 4.78 is 0. The largest absolute Gasteiger partial charge is 0.398 e. The van der Waals surface area contributed by atoms with Crippen LogP contribution in [0.1, 0.15) is 42.5 Å².